The van der Waals surface area contributed by atoms with E-state index >= 15 is 0 Å². The van der Waals surface area contributed by atoms with Gasteiger partial charge in [-0.3, -0.25) is 0 Å². The van der Waals surface area contributed by atoms with Crippen molar-refractivity contribution in [2.75, 3.05) is 24.6 Å². The molecule has 2 aromatic rings. The summed E-state index contributed by atoms with van der Waals surface area (Å²) >= 11 is 0. The van der Waals surface area contributed by atoms with E-state index in [2.05, 4.69) is 0 Å². The molecule has 1 atom stereocenters. The first-order valence-electron chi connectivity index (χ1n) is 7.00. The van der Waals surface area contributed by atoms with Crippen molar-refractivity contribution in [3.63, 3.8) is 0 Å². The van der Waals surface area contributed by atoms with Crippen molar-refractivity contribution in [3.05, 3.63) is 53.5 Å². The van der Waals surface area contributed by atoms with E-state index in [0.717, 1.165) is 6.07 Å². The van der Waals surface area contributed by atoms with E-state index in [1.54, 1.807) is 23.1 Å². The van der Waals surface area contributed by atoms with Gasteiger partial charge in [-0.25, -0.2) is 0 Å². The molecule has 120 valence electrons. The summed E-state index contributed by atoms with van der Waals surface area (Å²) in [5.41, 5.74) is -0.883. The monoisotopic (exact) mass is 322 g/mol. The number of nitrogens with zero attached hydrogens (tertiary/aromatic N) is 2. The summed E-state index contributed by atoms with van der Waals surface area (Å²) in [7, 11) is 0. The maximum Gasteiger partial charge on any atom is 0.417 e. The fourth-order valence-electron chi connectivity index (χ4n) is 2.59. The van der Waals surface area contributed by atoms with Crippen LogP contribution in [0.3, 0.4) is 0 Å². The Labute approximate surface area is 130 Å². The Bertz CT molecular complexity index is 720. The van der Waals surface area contributed by atoms with Gasteiger partial charge in [-0.05, 0) is 30.3 Å². The van der Waals surface area contributed by atoms with E-state index in [1.807, 2.05) is 0 Å². The molecule has 1 aliphatic rings. The minimum atomic E-state index is -4.56. The number of anilines is 1. The number of morpholine rings is 1. The predicted molar refractivity (Wildman–Crippen MR) is 75.8 cm³/mol. The second kappa shape index (κ2) is 5.97. The van der Waals surface area contributed by atoms with Crippen molar-refractivity contribution < 1.29 is 22.3 Å². The molecule has 1 unspecified atom stereocenters. The lowest BCUT2D eigenvalue weighted by Crippen LogP contribution is -2.38. The molecule has 1 aliphatic heterocycles. The first kappa shape index (κ1) is 15.4. The maximum absolute atomic E-state index is 13.1. The quantitative estimate of drug-likeness (QED) is 0.845. The Morgan fingerprint density at radius 1 is 1.26 bits per heavy atom. The van der Waals surface area contributed by atoms with Gasteiger partial charge in [0, 0.05) is 12.2 Å². The molecule has 0 bridgehead atoms. The van der Waals surface area contributed by atoms with E-state index < -0.39 is 11.7 Å². The molecule has 0 radical (unpaired) electrons. The molecule has 0 aliphatic carbocycles. The number of benzene rings is 1. The molecule has 3 rings (SSSR count). The summed E-state index contributed by atoms with van der Waals surface area (Å²) in [5, 5.41) is 8.85. The van der Waals surface area contributed by atoms with Crippen LogP contribution < -0.4 is 4.90 Å². The molecule has 1 saturated heterocycles. The summed E-state index contributed by atoms with van der Waals surface area (Å²) in [4.78, 5) is 1.80. The summed E-state index contributed by atoms with van der Waals surface area (Å²) in [6, 6.07) is 8.84. The highest BCUT2D eigenvalue weighted by atomic mass is 19.4. The minimum absolute atomic E-state index is 0.330. The lowest BCUT2D eigenvalue weighted by molar-refractivity contribution is -0.137. The van der Waals surface area contributed by atoms with Gasteiger partial charge in [-0.1, -0.05) is 0 Å². The third kappa shape index (κ3) is 3.17. The van der Waals surface area contributed by atoms with E-state index in [1.165, 1.54) is 18.4 Å². The molecular weight excluding hydrogens is 309 g/mol. The molecule has 2 heterocycles. The van der Waals surface area contributed by atoms with Crippen LogP contribution in [0.2, 0.25) is 0 Å². The van der Waals surface area contributed by atoms with Crippen LogP contribution in [0.25, 0.3) is 0 Å². The second-order valence-electron chi connectivity index (χ2n) is 5.16. The van der Waals surface area contributed by atoms with E-state index in [4.69, 9.17) is 14.4 Å². The van der Waals surface area contributed by atoms with Crippen LogP contribution in [-0.4, -0.2) is 19.7 Å². The van der Waals surface area contributed by atoms with Gasteiger partial charge in [-0.2, -0.15) is 18.4 Å². The Morgan fingerprint density at radius 2 is 2.09 bits per heavy atom. The molecule has 4 nitrogen and oxygen atoms in total. The van der Waals surface area contributed by atoms with Crippen LogP contribution in [0.4, 0.5) is 18.9 Å². The SMILES string of the molecule is N#Cc1ccc(N2CCOC(c3ccco3)C2)cc1C(F)(F)F. The number of ether oxygens (including phenoxy) is 1. The number of alkyl halides is 3. The Balaban J connectivity index is 1.88. The third-order valence-corrected chi connectivity index (χ3v) is 3.72. The van der Waals surface area contributed by atoms with Crippen molar-refractivity contribution in [1.29, 1.82) is 5.26 Å². The summed E-state index contributed by atoms with van der Waals surface area (Å²) < 4.78 is 50.1. The van der Waals surface area contributed by atoms with Crippen molar-refractivity contribution in [1.82, 2.24) is 0 Å². The van der Waals surface area contributed by atoms with Gasteiger partial charge < -0.3 is 14.1 Å². The van der Waals surface area contributed by atoms with E-state index in [0.29, 0.717) is 31.1 Å². The lowest BCUT2D eigenvalue weighted by Gasteiger charge is -2.34. The van der Waals surface area contributed by atoms with Crippen molar-refractivity contribution in [2.45, 2.75) is 12.3 Å². The second-order valence-corrected chi connectivity index (χ2v) is 5.16. The largest absolute Gasteiger partial charge is 0.467 e. The van der Waals surface area contributed by atoms with Crippen LogP contribution in [0.1, 0.15) is 23.0 Å². The van der Waals surface area contributed by atoms with Crippen molar-refractivity contribution >= 4 is 5.69 Å². The third-order valence-electron chi connectivity index (χ3n) is 3.72. The molecule has 0 spiro atoms. The maximum atomic E-state index is 13.1. The lowest BCUT2D eigenvalue weighted by atomic mass is 10.1. The molecule has 7 heteroatoms. The van der Waals surface area contributed by atoms with Crippen LogP contribution in [0.5, 0.6) is 0 Å². The molecule has 23 heavy (non-hydrogen) atoms. The zero-order chi connectivity index (χ0) is 16.4. The van der Waals surface area contributed by atoms with Gasteiger partial charge in [-0.15, -0.1) is 0 Å². The molecule has 1 aromatic carbocycles. The number of halogens is 3. The first-order chi connectivity index (χ1) is 11.0. The van der Waals surface area contributed by atoms with Gasteiger partial charge in [0.1, 0.15) is 11.9 Å². The molecule has 0 N–H and O–H groups in total. The highest BCUT2D eigenvalue weighted by Gasteiger charge is 2.34. The fraction of sp³-hybridized carbons (Fsp3) is 0.312. The topological polar surface area (TPSA) is 49.4 Å². The molecule has 1 fully saturated rings. The van der Waals surface area contributed by atoms with Crippen LogP contribution >= 0.6 is 0 Å². The molecule has 0 amide bonds. The van der Waals surface area contributed by atoms with Crippen LogP contribution in [-0.2, 0) is 10.9 Å². The van der Waals surface area contributed by atoms with Crippen molar-refractivity contribution in [2.24, 2.45) is 0 Å². The standard InChI is InChI=1S/C16H13F3N2O2/c17-16(18,19)13-8-12(4-3-11(13)9-20)21-5-7-23-15(10-21)14-2-1-6-22-14/h1-4,6,8,15H,5,7,10H2. The fourth-order valence-corrected chi connectivity index (χ4v) is 2.59. The normalized spacial score (nSPS) is 18.7. The Hall–Kier alpha value is -2.46. The molecule has 0 saturated carbocycles. The van der Waals surface area contributed by atoms with Crippen molar-refractivity contribution in [3.8, 4) is 6.07 Å². The van der Waals surface area contributed by atoms with Gasteiger partial charge in [0.25, 0.3) is 0 Å². The van der Waals surface area contributed by atoms with E-state index in [-0.39, 0.29) is 11.7 Å². The smallest absolute Gasteiger partial charge is 0.417 e. The average Bonchev–Trinajstić information content (AvgIpc) is 3.08. The number of nitriles is 1. The first-order valence-corrected chi connectivity index (χ1v) is 7.00. The number of hydrogen-bond donors (Lipinski definition) is 0. The molecular formula is C16H13F3N2O2. The Kier molecular flexibility index (Phi) is 4.01. The summed E-state index contributed by atoms with van der Waals surface area (Å²) in [5.74, 6) is 0.638. The van der Waals surface area contributed by atoms with Crippen LogP contribution in [0, 0.1) is 11.3 Å². The zero-order valence-electron chi connectivity index (χ0n) is 12.0. The predicted octanol–water partition coefficient (Wildman–Crippen LogP) is 3.75. The summed E-state index contributed by atoms with van der Waals surface area (Å²) in [6.07, 6.45) is -3.36. The Morgan fingerprint density at radius 3 is 2.74 bits per heavy atom. The molecule has 1 aromatic heterocycles. The highest BCUT2D eigenvalue weighted by molar-refractivity contribution is 5.55. The van der Waals surface area contributed by atoms with E-state index in [9.17, 15) is 13.2 Å². The summed E-state index contributed by atoms with van der Waals surface area (Å²) in [6.45, 7) is 1.24. The zero-order valence-corrected chi connectivity index (χ0v) is 12.0. The average molecular weight is 322 g/mol. The van der Waals surface area contributed by atoms with Gasteiger partial charge in [0.15, 0.2) is 0 Å². The highest BCUT2D eigenvalue weighted by Crippen LogP contribution is 2.35. The number of rotatable bonds is 2. The number of hydrogen-bond acceptors (Lipinski definition) is 4. The minimum Gasteiger partial charge on any atom is -0.467 e. The van der Waals surface area contributed by atoms with Crippen LogP contribution in [0.15, 0.2) is 41.0 Å². The van der Waals surface area contributed by atoms with Gasteiger partial charge in [0.05, 0.1) is 36.6 Å². The van der Waals surface area contributed by atoms with Gasteiger partial charge in [0.2, 0.25) is 0 Å². The number of furan rings is 1. The van der Waals surface area contributed by atoms with Gasteiger partial charge >= 0.3 is 6.18 Å².